The highest BCUT2D eigenvalue weighted by atomic mass is 28.4. The van der Waals surface area contributed by atoms with Crippen LogP contribution in [0.25, 0.3) is 0 Å². The van der Waals surface area contributed by atoms with Gasteiger partial charge in [-0.05, 0) is 17.1 Å². The van der Waals surface area contributed by atoms with Crippen molar-refractivity contribution in [2.75, 3.05) is 0 Å². The normalized spacial score (nSPS) is 25.2. The van der Waals surface area contributed by atoms with E-state index >= 15 is 0 Å². The van der Waals surface area contributed by atoms with Crippen LogP contribution in [0.5, 0.6) is 0 Å². The zero-order valence-electron chi connectivity index (χ0n) is 7.28. The quantitative estimate of drug-likeness (QED) is 0.537. The van der Waals surface area contributed by atoms with E-state index in [1.165, 1.54) is 12.8 Å². The van der Waals surface area contributed by atoms with E-state index in [2.05, 4.69) is 20.8 Å². The lowest BCUT2D eigenvalue weighted by molar-refractivity contribution is 0.475. The first-order valence-electron chi connectivity index (χ1n) is 4.18. The summed E-state index contributed by atoms with van der Waals surface area (Å²) in [5.74, 6) is 0. The Kier molecular flexibility index (Phi) is 1.94. The molecule has 1 saturated heterocycles. The van der Waals surface area contributed by atoms with Gasteiger partial charge in [0.15, 0.2) is 8.32 Å². The van der Waals surface area contributed by atoms with Crippen molar-refractivity contribution in [1.29, 1.82) is 0 Å². The molecule has 2 heteroatoms. The fraction of sp³-hybridized carbons (Fsp3) is 1.00. The van der Waals surface area contributed by atoms with Crippen LogP contribution in [0.4, 0.5) is 0 Å². The maximum atomic E-state index is 10.2. The van der Waals surface area contributed by atoms with E-state index < -0.39 is 8.32 Å². The molecule has 0 radical (unpaired) electrons. The third kappa shape index (κ3) is 1.27. The minimum absolute atomic E-state index is 0.212. The summed E-state index contributed by atoms with van der Waals surface area (Å²) in [5.41, 5.74) is 0. The Morgan fingerprint density at radius 3 is 1.70 bits per heavy atom. The van der Waals surface area contributed by atoms with Crippen molar-refractivity contribution >= 4 is 8.32 Å². The molecule has 1 aliphatic rings. The Hall–Kier alpha value is 0.177. The first kappa shape index (κ1) is 8.28. The maximum Gasteiger partial charge on any atom is 0.193 e. The van der Waals surface area contributed by atoms with Crippen LogP contribution in [0.2, 0.25) is 17.1 Å². The Morgan fingerprint density at radius 1 is 1.10 bits per heavy atom. The highest BCUT2D eigenvalue weighted by Crippen LogP contribution is 2.45. The van der Waals surface area contributed by atoms with Gasteiger partial charge >= 0.3 is 0 Å². The average Bonchev–Trinajstić information content (AvgIpc) is 2.13. The molecule has 10 heavy (non-hydrogen) atoms. The molecule has 1 aliphatic heterocycles. The van der Waals surface area contributed by atoms with Crippen LogP contribution in [0.1, 0.15) is 33.6 Å². The molecule has 0 spiro atoms. The summed E-state index contributed by atoms with van der Waals surface area (Å²) in [6.07, 6.45) is 2.53. The zero-order chi connectivity index (χ0) is 7.83. The molecule has 1 N–H and O–H groups in total. The highest BCUT2D eigenvalue weighted by Gasteiger charge is 2.45. The van der Waals surface area contributed by atoms with E-state index in [4.69, 9.17) is 0 Å². The molecule has 1 rings (SSSR count). The lowest BCUT2D eigenvalue weighted by atomic mass is 10.2. The summed E-state index contributed by atoms with van der Waals surface area (Å²) in [6.45, 7) is 6.56. The van der Waals surface area contributed by atoms with Crippen molar-refractivity contribution in [3.05, 3.63) is 0 Å². The van der Waals surface area contributed by atoms with Crippen LogP contribution in [0, 0.1) is 0 Å². The van der Waals surface area contributed by atoms with Gasteiger partial charge in [-0.15, -0.1) is 0 Å². The lowest BCUT2D eigenvalue weighted by Crippen LogP contribution is -2.40. The molecule has 60 valence electrons. The summed E-state index contributed by atoms with van der Waals surface area (Å²) in [6, 6.07) is 2.27. The van der Waals surface area contributed by atoms with Gasteiger partial charge in [-0.3, -0.25) is 0 Å². The molecular formula is C8H18OSi. The summed E-state index contributed by atoms with van der Waals surface area (Å²) in [5, 5.41) is 0.212. The van der Waals surface area contributed by atoms with Crippen molar-refractivity contribution in [2.45, 2.75) is 50.7 Å². The Bertz CT molecular complexity index is 120. The Morgan fingerprint density at radius 2 is 1.50 bits per heavy atom. The molecular weight excluding hydrogens is 140 g/mol. The summed E-state index contributed by atoms with van der Waals surface area (Å²) < 4.78 is 0. The summed E-state index contributed by atoms with van der Waals surface area (Å²) in [4.78, 5) is 10.2. The summed E-state index contributed by atoms with van der Waals surface area (Å²) in [7, 11) is -1.79. The standard InChI is InChI=1S/C8H18OSi/c1-8(2,3)10(9)6-4-5-7-10/h9H,4-7H2,1-3H3. The molecule has 0 bridgehead atoms. The van der Waals surface area contributed by atoms with Gasteiger partial charge in [0.1, 0.15) is 0 Å². The van der Waals surface area contributed by atoms with Crippen molar-refractivity contribution in [3.63, 3.8) is 0 Å². The van der Waals surface area contributed by atoms with Gasteiger partial charge in [-0.2, -0.15) is 0 Å². The molecule has 0 aromatic heterocycles. The second-order valence-corrected chi connectivity index (χ2v) is 9.05. The number of hydrogen-bond donors (Lipinski definition) is 1. The van der Waals surface area contributed by atoms with E-state index in [9.17, 15) is 4.80 Å². The molecule has 0 aromatic rings. The van der Waals surface area contributed by atoms with Crippen LogP contribution >= 0.6 is 0 Å². The van der Waals surface area contributed by atoms with Crippen LogP contribution in [0.3, 0.4) is 0 Å². The van der Waals surface area contributed by atoms with Crippen LogP contribution in [-0.4, -0.2) is 13.1 Å². The summed E-state index contributed by atoms with van der Waals surface area (Å²) >= 11 is 0. The van der Waals surface area contributed by atoms with Crippen molar-refractivity contribution in [2.24, 2.45) is 0 Å². The number of rotatable bonds is 0. The van der Waals surface area contributed by atoms with Gasteiger partial charge < -0.3 is 4.80 Å². The van der Waals surface area contributed by atoms with E-state index in [0.29, 0.717) is 0 Å². The first-order valence-corrected chi connectivity index (χ1v) is 6.54. The highest BCUT2D eigenvalue weighted by molar-refractivity contribution is 6.76. The van der Waals surface area contributed by atoms with Gasteiger partial charge in [0.2, 0.25) is 0 Å². The fourth-order valence-electron chi connectivity index (χ4n) is 1.71. The van der Waals surface area contributed by atoms with E-state index in [0.717, 1.165) is 12.1 Å². The van der Waals surface area contributed by atoms with Crippen LogP contribution in [0.15, 0.2) is 0 Å². The second-order valence-electron chi connectivity index (χ2n) is 4.49. The largest absolute Gasteiger partial charge is 0.431 e. The molecule has 0 saturated carbocycles. The molecule has 0 unspecified atom stereocenters. The van der Waals surface area contributed by atoms with Gasteiger partial charge in [-0.1, -0.05) is 33.6 Å². The van der Waals surface area contributed by atoms with Crippen molar-refractivity contribution < 1.29 is 4.80 Å². The Labute approximate surface area is 64.6 Å². The third-order valence-corrected chi connectivity index (χ3v) is 7.98. The maximum absolute atomic E-state index is 10.2. The minimum Gasteiger partial charge on any atom is -0.431 e. The van der Waals surface area contributed by atoms with E-state index in [-0.39, 0.29) is 5.04 Å². The third-order valence-electron chi connectivity index (χ3n) is 2.83. The van der Waals surface area contributed by atoms with E-state index in [1.54, 1.807) is 0 Å². The fourth-order valence-corrected chi connectivity index (χ4v) is 5.13. The van der Waals surface area contributed by atoms with Crippen LogP contribution in [-0.2, 0) is 0 Å². The molecule has 1 heterocycles. The molecule has 1 nitrogen and oxygen atoms in total. The predicted molar refractivity (Wildman–Crippen MR) is 46.5 cm³/mol. The molecule has 0 aliphatic carbocycles. The van der Waals surface area contributed by atoms with Crippen LogP contribution < -0.4 is 0 Å². The van der Waals surface area contributed by atoms with Crippen molar-refractivity contribution in [1.82, 2.24) is 0 Å². The van der Waals surface area contributed by atoms with Gasteiger partial charge in [-0.25, -0.2) is 0 Å². The smallest absolute Gasteiger partial charge is 0.193 e. The van der Waals surface area contributed by atoms with E-state index in [1.807, 2.05) is 0 Å². The van der Waals surface area contributed by atoms with Gasteiger partial charge in [0.25, 0.3) is 0 Å². The first-order chi connectivity index (χ1) is 4.46. The monoisotopic (exact) mass is 158 g/mol. The molecule has 0 atom stereocenters. The zero-order valence-corrected chi connectivity index (χ0v) is 8.28. The molecule has 0 aromatic carbocycles. The van der Waals surface area contributed by atoms with Gasteiger partial charge in [0, 0.05) is 0 Å². The van der Waals surface area contributed by atoms with Gasteiger partial charge in [0.05, 0.1) is 0 Å². The minimum atomic E-state index is -1.79. The van der Waals surface area contributed by atoms with Crippen molar-refractivity contribution in [3.8, 4) is 0 Å². The second kappa shape index (κ2) is 2.34. The lowest BCUT2D eigenvalue weighted by Gasteiger charge is -2.33. The molecule has 0 amide bonds. The average molecular weight is 158 g/mol. The Balaban J connectivity index is 2.67. The topological polar surface area (TPSA) is 20.2 Å². The SMILES string of the molecule is CC(C)(C)[Si]1(O)CCCC1. The predicted octanol–water partition coefficient (Wildman–Crippen LogP) is 2.52. The molecule has 1 fully saturated rings. The number of hydrogen-bond acceptors (Lipinski definition) is 1.